The third-order valence-electron chi connectivity index (χ3n) is 6.57. The Morgan fingerprint density at radius 1 is 1.17 bits per heavy atom. The molecule has 2 atom stereocenters. The number of benzene rings is 1. The van der Waals surface area contributed by atoms with Gasteiger partial charge >= 0.3 is 0 Å². The first-order valence-corrected chi connectivity index (χ1v) is 11.2. The number of morpholine rings is 1. The van der Waals surface area contributed by atoms with Crippen molar-refractivity contribution in [3.8, 4) is 0 Å². The van der Waals surface area contributed by atoms with Gasteiger partial charge in [-0.2, -0.15) is 0 Å². The normalized spacial score (nSPS) is 25.1. The minimum atomic E-state index is 0.0345. The number of nitrogens with zero attached hydrogens (tertiary/aromatic N) is 4. The van der Waals surface area contributed by atoms with E-state index in [1.807, 2.05) is 0 Å². The van der Waals surface area contributed by atoms with Gasteiger partial charge in [-0.05, 0) is 36.8 Å². The Hall–Kier alpha value is -2.12. The highest BCUT2D eigenvalue weighted by Crippen LogP contribution is 2.22. The smallest absolute Gasteiger partial charge is 0.243 e. The first-order valence-electron chi connectivity index (χ1n) is 11.2. The molecule has 1 aromatic rings. The summed E-state index contributed by atoms with van der Waals surface area (Å²) in [6, 6.07) is 9.62. The molecule has 0 aromatic heterocycles. The van der Waals surface area contributed by atoms with Crippen LogP contribution in [0.1, 0.15) is 24.0 Å². The topological polar surface area (TPSA) is 60.4 Å². The first kappa shape index (κ1) is 21.1. The molecule has 0 bridgehead atoms. The van der Waals surface area contributed by atoms with Crippen molar-refractivity contribution in [3.63, 3.8) is 0 Å². The van der Waals surface area contributed by atoms with E-state index in [9.17, 15) is 4.79 Å². The van der Waals surface area contributed by atoms with E-state index in [0.29, 0.717) is 12.1 Å². The van der Waals surface area contributed by atoms with Gasteiger partial charge in [0, 0.05) is 52.4 Å². The molecule has 7 heteroatoms. The average molecular weight is 414 g/mol. The second kappa shape index (κ2) is 9.79. The van der Waals surface area contributed by atoms with Crippen LogP contribution in [0.4, 0.5) is 0 Å². The number of nitrogens with one attached hydrogen (secondary N) is 1. The summed E-state index contributed by atoms with van der Waals surface area (Å²) in [6.45, 7) is 5.81. The maximum Gasteiger partial charge on any atom is 0.243 e. The number of fused-ring (bicyclic) bond motifs is 1. The molecular formula is C23H35N5O2. The molecular weight excluding hydrogens is 378 g/mol. The van der Waals surface area contributed by atoms with Gasteiger partial charge in [0.2, 0.25) is 5.91 Å². The minimum absolute atomic E-state index is 0.0345. The summed E-state index contributed by atoms with van der Waals surface area (Å²) in [5.74, 6) is 0.928. The molecule has 1 aliphatic carbocycles. The zero-order valence-corrected chi connectivity index (χ0v) is 18.3. The fourth-order valence-corrected chi connectivity index (χ4v) is 4.70. The van der Waals surface area contributed by atoms with Crippen LogP contribution in [0.25, 0.3) is 0 Å². The summed E-state index contributed by atoms with van der Waals surface area (Å²) in [7, 11) is 3.57. The number of likely N-dealkylation sites (tertiary alicyclic amines) is 1. The van der Waals surface area contributed by atoms with Crippen LogP contribution in [0.3, 0.4) is 0 Å². The van der Waals surface area contributed by atoms with Crippen LogP contribution in [-0.4, -0.2) is 98.7 Å². The number of hydrogen-bond acceptors (Lipinski definition) is 4. The molecule has 2 aliphatic heterocycles. The molecule has 2 fully saturated rings. The predicted octanol–water partition coefficient (Wildman–Crippen LogP) is 0.984. The Kier molecular flexibility index (Phi) is 6.89. The number of amides is 1. The quantitative estimate of drug-likeness (QED) is 0.589. The average Bonchev–Trinajstić information content (AvgIpc) is 3.27. The van der Waals surface area contributed by atoms with E-state index in [2.05, 4.69) is 39.4 Å². The molecule has 7 nitrogen and oxygen atoms in total. The molecule has 30 heavy (non-hydrogen) atoms. The van der Waals surface area contributed by atoms with E-state index in [-0.39, 0.29) is 12.5 Å². The highest BCUT2D eigenvalue weighted by atomic mass is 16.5. The summed E-state index contributed by atoms with van der Waals surface area (Å²) >= 11 is 0. The standard InChI is InChI=1S/C23H35N5O2/c1-26(2)22(29)16-24-23(25-20-8-7-18-5-3-4-6-19(18)15-20)28-10-9-21(17-28)27-11-13-30-14-12-27/h3-6,20-21H,7-17H2,1-2H3,(H,24,25). The molecule has 1 amide bonds. The lowest BCUT2D eigenvalue weighted by Gasteiger charge is -2.33. The maximum atomic E-state index is 12.2. The van der Waals surface area contributed by atoms with Crippen molar-refractivity contribution in [2.75, 3.05) is 60.0 Å². The van der Waals surface area contributed by atoms with Crippen LogP contribution in [-0.2, 0) is 22.4 Å². The number of aryl methyl sites for hydroxylation is 1. The molecule has 1 aromatic carbocycles. The van der Waals surface area contributed by atoms with Gasteiger partial charge in [-0.1, -0.05) is 24.3 Å². The van der Waals surface area contributed by atoms with Crippen LogP contribution in [0.15, 0.2) is 29.3 Å². The van der Waals surface area contributed by atoms with Crippen LogP contribution < -0.4 is 5.32 Å². The number of guanidine groups is 1. The lowest BCUT2D eigenvalue weighted by Crippen LogP contribution is -2.49. The lowest BCUT2D eigenvalue weighted by atomic mass is 9.88. The van der Waals surface area contributed by atoms with Crippen molar-refractivity contribution in [2.24, 2.45) is 4.99 Å². The molecule has 0 radical (unpaired) electrons. The summed E-state index contributed by atoms with van der Waals surface area (Å²) < 4.78 is 5.52. The van der Waals surface area contributed by atoms with Gasteiger partial charge in [-0.25, -0.2) is 4.99 Å². The van der Waals surface area contributed by atoms with Gasteiger partial charge < -0.3 is 19.9 Å². The van der Waals surface area contributed by atoms with Crippen molar-refractivity contribution in [2.45, 2.75) is 37.8 Å². The van der Waals surface area contributed by atoms with E-state index < -0.39 is 0 Å². The molecule has 0 spiro atoms. The second-order valence-corrected chi connectivity index (χ2v) is 8.82. The second-order valence-electron chi connectivity index (χ2n) is 8.82. The summed E-state index contributed by atoms with van der Waals surface area (Å²) in [4.78, 5) is 23.4. The molecule has 2 unspecified atom stereocenters. The number of likely N-dealkylation sites (N-methyl/N-ethyl adjacent to an activating group) is 1. The maximum absolute atomic E-state index is 12.2. The summed E-state index contributed by atoms with van der Waals surface area (Å²) in [5.41, 5.74) is 2.89. The highest BCUT2D eigenvalue weighted by molar-refractivity contribution is 5.85. The molecule has 3 aliphatic rings. The highest BCUT2D eigenvalue weighted by Gasteiger charge is 2.31. The van der Waals surface area contributed by atoms with Gasteiger partial charge in [0.25, 0.3) is 0 Å². The van der Waals surface area contributed by atoms with Crippen LogP contribution in [0.5, 0.6) is 0 Å². The van der Waals surface area contributed by atoms with Gasteiger partial charge in [0.15, 0.2) is 5.96 Å². The molecule has 2 saturated heterocycles. The van der Waals surface area contributed by atoms with Crippen molar-refractivity contribution in [1.82, 2.24) is 20.0 Å². The molecule has 0 saturated carbocycles. The van der Waals surface area contributed by atoms with Crippen molar-refractivity contribution in [3.05, 3.63) is 35.4 Å². The molecule has 164 valence electrons. The van der Waals surface area contributed by atoms with Crippen LogP contribution >= 0.6 is 0 Å². The summed E-state index contributed by atoms with van der Waals surface area (Å²) in [5, 5.41) is 3.72. The predicted molar refractivity (Wildman–Crippen MR) is 119 cm³/mol. The third-order valence-corrected chi connectivity index (χ3v) is 6.57. The largest absolute Gasteiger partial charge is 0.379 e. The molecule has 2 heterocycles. The Morgan fingerprint density at radius 3 is 2.70 bits per heavy atom. The van der Waals surface area contributed by atoms with E-state index in [1.54, 1.807) is 19.0 Å². The zero-order valence-electron chi connectivity index (χ0n) is 18.3. The fraction of sp³-hybridized carbons (Fsp3) is 0.652. The van der Waals surface area contributed by atoms with Gasteiger partial charge in [-0.15, -0.1) is 0 Å². The van der Waals surface area contributed by atoms with Gasteiger partial charge in [-0.3, -0.25) is 9.69 Å². The Labute approximate surface area is 180 Å². The van der Waals surface area contributed by atoms with E-state index in [4.69, 9.17) is 9.73 Å². The lowest BCUT2D eigenvalue weighted by molar-refractivity contribution is -0.127. The van der Waals surface area contributed by atoms with Crippen LogP contribution in [0, 0.1) is 0 Å². The Bertz CT molecular complexity index is 760. The minimum Gasteiger partial charge on any atom is -0.379 e. The number of rotatable bonds is 4. The fourth-order valence-electron chi connectivity index (χ4n) is 4.70. The SMILES string of the molecule is CN(C)C(=O)CN=C(NC1CCc2ccccc2C1)N1CCC(N2CCOCC2)C1. The van der Waals surface area contributed by atoms with Crippen LogP contribution in [0.2, 0.25) is 0 Å². The molecule has 1 N–H and O–H groups in total. The number of carbonyl (C=O) groups excluding carboxylic acids is 1. The van der Waals surface area contributed by atoms with Crippen molar-refractivity contribution >= 4 is 11.9 Å². The Morgan fingerprint density at radius 2 is 1.93 bits per heavy atom. The number of carbonyl (C=O) groups is 1. The number of ether oxygens (including phenoxy) is 1. The van der Waals surface area contributed by atoms with Crippen molar-refractivity contribution < 1.29 is 9.53 Å². The molecule has 4 rings (SSSR count). The summed E-state index contributed by atoms with van der Waals surface area (Å²) in [6.07, 6.45) is 4.33. The van der Waals surface area contributed by atoms with Crippen molar-refractivity contribution in [1.29, 1.82) is 0 Å². The first-order chi connectivity index (χ1) is 14.6. The number of hydrogen-bond donors (Lipinski definition) is 1. The zero-order chi connectivity index (χ0) is 20.9. The van der Waals surface area contributed by atoms with E-state index in [0.717, 1.165) is 71.0 Å². The van der Waals surface area contributed by atoms with Gasteiger partial charge in [0.05, 0.1) is 13.2 Å². The number of aliphatic imine (C=N–C) groups is 1. The third kappa shape index (κ3) is 5.13. The Balaban J connectivity index is 1.43. The van der Waals surface area contributed by atoms with E-state index in [1.165, 1.54) is 11.1 Å². The van der Waals surface area contributed by atoms with Gasteiger partial charge in [0.1, 0.15) is 6.54 Å². The van der Waals surface area contributed by atoms with E-state index >= 15 is 0 Å². The monoisotopic (exact) mass is 413 g/mol.